The number of carbonyl (C=O) groups is 2. The predicted molar refractivity (Wildman–Crippen MR) is 106 cm³/mol. The monoisotopic (exact) mass is 498 g/mol. The molecule has 3 heterocycles. The minimum atomic E-state index is -6.01. The van der Waals surface area contributed by atoms with E-state index in [2.05, 4.69) is 20.5 Å². The van der Waals surface area contributed by atoms with Crippen LogP contribution in [0.3, 0.4) is 0 Å². The molecule has 0 saturated carbocycles. The summed E-state index contributed by atoms with van der Waals surface area (Å²) in [5.74, 6) is -8.66. The van der Waals surface area contributed by atoms with E-state index in [4.69, 9.17) is 5.11 Å². The van der Waals surface area contributed by atoms with Gasteiger partial charge >= 0.3 is 18.1 Å². The van der Waals surface area contributed by atoms with Gasteiger partial charge in [-0.15, -0.1) is 0 Å². The van der Waals surface area contributed by atoms with E-state index < -0.39 is 52.5 Å². The van der Waals surface area contributed by atoms with Crippen molar-refractivity contribution < 1.29 is 41.0 Å². The molecule has 1 amide bonds. The quantitative estimate of drug-likeness (QED) is 0.404. The molecular formula is C20H12F6N6O3. The molecule has 0 radical (unpaired) electrons. The number of fused-ring (bicyclic) bond motifs is 1. The molecule has 4 aromatic rings. The van der Waals surface area contributed by atoms with Crippen LogP contribution in [0.25, 0.3) is 16.9 Å². The lowest BCUT2D eigenvalue weighted by molar-refractivity contribution is -0.291. The number of hydrogen-bond donors (Lipinski definition) is 2. The number of alkyl halides is 5. The number of aromatic carboxylic acids is 1. The van der Waals surface area contributed by atoms with E-state index in [0.717, 1.165) is 41.2 Å². The summed E-state index contributed by atoms with van der Waals surface area (Å²) in [6.07, 6.45) is -4.87. The van der Waals surface area contributed by atoms with Crippen LogP contribution >= 0.6 is 0 Å². The van der Waals surface area contributed by atoms with Gasteiger partial charge in [0, 0.05) is 24.9 Å². The summed E-state index contributed by atoms with van der Waals surface area (Å²) in [5, 5.41) is 18.5. The average Bonchev–Trinajstić information content (AvgIpc) is 3.36. The fraction of sp³-hybridized carbons (Fsp3) is 0.150. The van der Waals surface area contributed by atoms with Crippen LogP contribution < -0.4 is 5.32 Å². The van der Waals surface area contributed by atoms with Crippen molar-refractivity contribution in [2.24, 2.45) is 7.05 Å². The minimum Gasteiger partial charge on any atom is -0.476 e. The molecule has 0 atom stereocenters. The standard InChI is InChI=1S/C20H12F6N6O3/c1-31-8-13(16(30-31)18(34)35)28-17(33)12-7-15-27-11(9-2-4-10(21)5-3-9)6-14(32(15)29-12)19(22,23)20(24,25)26/h2-8H,1H3,(H,28,33)(H,34,35). The number of carboxylic acids is 1. The zero-order valence-corrected chi connectivity index (χ0v) is 17.3. The highest BCUT2D eigenvalue weighted by Gasteiger charge is 2.60. The van der Waals surface area contributed by atoms with Gasteiger partial charge in [-0.05, 0) is 30.3 Å². The molecule has 0 aliphatic carbocycles. The number of rotatable bonds is 5. The number of anilines is 1. The Labute approximate surface area is 190 Å². The highest BCUT2D eigenvalue weighted by Crippen LogP contribution is 2.44. The number of aryl methyl sites for hydroxylation is 1. The molecular weight excluding hydrogens is 486 g/mol. The molecule has 0 aliphatic heterocycles. The number of nitrogens with zero attached hydrogens (tertiary/aromatic N) is 5. The maximum absolute atomic E-state index is 14.4. The van der Waals surface area contributed by atoms with Crippen molar-refractivity contribution in [2.45, 2.75) is 12.1 Å². The normalized spacial score (nSPS) is 12.2. The van der Waals surface area contributed by atoms with Gasteiger partial charge in [0.25, 0.3) is 5.91 Å². The molecule has 0 spiro atoms. The van der Waals surface area contributed by atoms with Crippen LogP contribution in [0.1, 0.15) is 26.7 Å². The van der Waals surface area contributed by atoms with Gasteiger partial charge in [-0.1, -0.05) is 0 Å². The van der Waals surface area contributed by atoms with Crippen molar-refractivity contribution in [1.29, 1.82) is 0 Å². The Morgan fingerprint density at radius 1 is 1.03 bits per heavy atom. The zero-order chi connectivity index (χ0) is 25.7. The number of carbonyl (C=O) groups excluding carboxylic acids is 1. The van der Waals surface area contributed by atoms with E-state index in [1.165, 1.54) is 7.05 Å². The first kappa shape index (κ1) is 23.7. The molecule has 0 saturated heterocycles. The van der Waals surface area contributed by atoms with Gasteiger partial charge in [0.1, 0.15) is 11.5 Å². The molecule has 2 N–H and O–H groups in total. The minimum absolute atomic E-state index is 0.0294. The van der Waals surface area contributed by atoms with Gasteiger partial charge in [0.15, 0.2) is 17.0 Å². The molecule has 9 nitrogen and oxygen atoms in total. The Morgan fingerprint density at radius 3 is 2.29 bits per heavy atom. The van der Waals surface area contributed by atoms with Gasteiger partial charge < -0.3 is 10.4 Å². The van der Waals surface area contributed by atoms with Crippen molar-refractivity contribution in [3.63, 3.8) is 0 Å². The zero-order valence-electron chi connectivity index (χ0n) is 17.3. The summed E-state index contributed by atoms with van der Waals surface area (Å²) in [6.45, 7) is 0. The van der Waals surface area contributed by atoms with Gasteiger partial charge in [0.05, 0.1) is 11.4 Å². The maximum atomic E-state index is 14.4. The third-order valence-corrected chi connectivity index (χ3v) is 4.76. The second-order valence-corrected chi connectivity index (χ2v) is 7.23. The number of aromatic nitrogens is 5. The third kappa shape index (κ3) is 4.27. The Balaban J connectivity index is 1.85. The Kier molecular flexibility index (Phi) is 5.49. The molecule has 3 aromatic heterocycles. The molecule has 1 aromatic carbocycles. The smallest absolute Gasteiger partial charge is 0.459 e. The fourth-order valence-corrected chi connectivity index (χ4v) is 3.15. The number of hydrogen-bond acceptors (Lipinski definition) is 5. The summed E-state index contributed by atoms with van der Waals surface area (Å²) in [4.78, 5) is 27.9. The van der Waals surface area contributed by atoms with Crippen LogP contribution in [0.2, 0.25) is 0 Å². The number of benzene rings is 1. The first-order valence-corrected chi connectivity index (χ1v) is 9.48. The van der Waals surface area contributed by atoms with Crippen LogP contribution in [0, 0.1) is 5.82 Å². The third-order valence-electron chi connectivity index (χ3n) is 4.76. The lowest BCUT2D eigenvalue weighted by atomic mass is 10.1. The fourth-order valence-electron chi connectivity index (χ4n) is 3.15. The van der Waals surface area contributed by atoms with Crippen molar-refractivity contribution >= 4 is 23.2 Å². The van der Waals surface area contributed by atoms with E-state index in [1.54, 1.807) is 0 Å². The number of halogens is 6. The van der Waals surface area contributed by atoms with Crippen molar-refractivity contribution in [3.05, 3.63) is 65.5 Å². The number of nitrogens with one attached hydrogen (secondary N) is 1. The molecule has 182 valence electrons. The lowest BCUT2D eigenvalue weighted by Crippen LogP contribution is -2.36. The van der Waals surface area contributed by atoms with Crippen LogP contribution in [0.4, 0.5) is 32.0 Å². The molecule has 0 unspecified atom stereocenters. The Morgan fingerprint density at radius 2 is 1.69 bits per heavy atom. The summed E-state index contributed by atoms with van der Waals surface area (Å²) in [6, 6.07) is 5.46. The number of carboxylic acid groups (broad SMARTS) is 1. The summed E-state index contributed by atoms with van der Waals surface area (Å²) < 4.78 is 82.9. The van der Waals surface area contributed by atoms with Crippen molar-refractivity contribution in [2.75, 3.05) is 5.32 Å². The molecule has 0 aliphatic rings. The van der Waals surface area contributed by atoms with Gasteiger partial charge in [-0.3, -0.25) is 9.48 Å². The van der Waals surface area contributed by atoms with Crippen molar-refractivity contribution in [1.82, 2.24) is 24.4 Å². The maximum Gasteiger partial charge on any atom is 0.459 e. The Bertz CT molecular complexity index is 1460. The SMILES string of the molecule is Cn1cc(NC(=O)c2cc3nc(-c4ccc(F)cc4)cc(C(F)(F)C(F)(F)F)n3n2)c(C(=O)O)n1. The van der Waals surface area contributed by atoms with Gasteiger partial charge in [-0.25, -0.2) is 18.7 Å². The summed E-state index contributed by atoms with van der Waals surface area (Å²) in [5.41, 5.74) is -3.94. The van der Waals surface area contributed by atoms with E-state index in [-0.39, 0.29) is 21.5 Å². The highest BCUT2D eigenvalue weighted by molar-refractivity contribution is 6.06. The van der Waals surface area contributed by atoms with Crippen LogP contribution in [-0.4, -0.2) is 47.5 Å². The van der Waals surface area contributed by atoms with Gasteiger partial charge in [0.2, 0.25) is 0 Å². The van der Waals surface area contributed by atoms with E-state index in [0.29, 0.717) is 6.07 Å². The second-order valence-electron chi connectivity index (χ2n) is 7.23. The largest absolute Gasteiger partial charge is 0.476 e. The second kappa shape index (κ2) is 8.11. The van der Waals surface area contributed by atoms with Crippen LogP contribution in [-0.2, 0) is 13.0 Å². The summed E-state index contributed by atoms with van der Waals surface area (Å²) in [7, 11) is 1.37. The predicted octanol–water partition coefficient (Wildman–Crippen LogP) is 3.87. The average molecular weight is 498 g/mol. The molecule has 0 bridgehead atoms. The first-order valence-electron chi connectivity index (χ1n) is 9.48. The van der Waals surface area contributed by atoms with Crippen LogP contribution in [0.5, 0.6) is 0 Å². The highest BCUT2D eigenvalue weighted by atomic mass is 19.4. The van der Waals surface area contributed by atoms with Gasteiger partial charge in [-0.2, -0.15) is 32.1 Å². The van der Waals surface area contributed by atoms with E-state index >= 15 is 0 Å². The molecule has 35 heavy (non-hydrogen) atoms. The molecule has 0 fully saturated rings. The first-order chi connectivity index (χ1) is 16.3. The molecule has 4 rings (SSSR count). The lowest BCUT2D eigenvalue weighted by Gasteiger charge is -2.21. The van der Waals surface area contributed by atoms with E-state index in [1.807, 2.05) is 0 Å². The Hall–Kier alpha value is -4.43. The number of amides is 1. The topological polar surface area (TPSA) is 114 Å². The van der Waals surface area contributed by atoms with Crippen molar-refractivity contribution in [3.8, 4) is 11.3 Å². The molecule has 15 heteroatoms. The van der Waals surface area contributed by atoms with Crippen LogP contribution in [0.15, 0.2) is 42.6 Å². The summed E-state index contributed by atoms with van der Waals surface area (Å²) >= 11 is 0. The van der Waals surface area contributed by atoms with E-state index in [9.17, 15) is 35.9 Å².